The number of esters is 1. The average Bonchev–Trinajstić information content (AvgIpc) is 2.29. The van der Waals surface area contributed by atoms with Crippen molar-refractivity contribution < 1.29 is 14.5 Å². The number of nitrogens with zero attached hydrogens (tertiary/aromatic N) is 2. The summed E-state index contributed by atoms with van der Waals surface area (Å²) >= 11 is 5.75. The lowest BCUT2D eigenvalue weighted by atomic mass is 10.1. The highest BCUT2D eigenvalue weighted by molar-refractivity contribution is 6.34. The predicted octanol–water partition coefficient (Wildman–Crippen LogP) is 2.23. The number of hydrogen-bond donors (Lipinski definition) is 0. The van der Waals surface area contributed by atoms with Gasteiger partial charge >= 0.3 is 5.97 Å². The molecule has 0 aliphatic heterocycles. The van der Waals surface area contributed by atoms with Gasteiger partial charge in [-0.05, 0) is 13.0 Å². The minimum atomic E-state index is -0.711. The highest BCUT2D eigenvalue weighted by Crippen LogP contribution is 2.31. The van der Waals surface area contributed by atoms with Gasteiger partial charge in [-0.3, -0.25) is 14.9 Å². The number of rotatable bonds is 4. The summed E-state index contributed by atoms with van der Waals surface area (Å²) in [5, 5.41) is 19.4. The molecule has 0 atom stereocenters. The first kappa shape index (κ1) is 13.9. The standard InChI is InChI=1S/C11H9ClN2O4/c1-2-18-9(15)5-7-3-4-8(6-13)10(12)11(7)14(16)17/h3-4H,2,5H2,1H3. The SMILES string of the molecule is CCOC(=O)Cc1ccc(C#N)c(Cl)c1[N+](=O)[O-]. The van der Waals surface area contributed by atoms with E-state index in [-0.39, 0.29) is 29.2 Å². The van der Waals surface area contributed by atoms with Gasteiger partial charge in [0.2, 0.25) is 0 Å². The van der Waals surface area contributed by atoms with Gasteiger partial charge in [0.15, 0.2) is 0 Å². The van der Waals surface area contributed by atoms with Gasteiger partial charge in [0.05, 0.1) is 23.5 Å². The van der Waals surface area contributed by atoms with E-state index in [1.54, 1.807) is 13.0 Å². The number of carbonyl (C=O) groups is 1. The fraction of sp³-hybridized carbons (Fsp3) is 0.273. The van der Waals surface area contributed by atoms with Gasteiger partial charge in [-0.2, -0.15) is 5.26 Å². The van der Waals surface area contributed by atoms with Crippen molar-refractivity contribution in [2.24, 2.45) is 0 Å². The van der Waals surface area contributed by atoms with Crippen molar-refractivity contribution in [1.82, 2.24) is 0 Å². The maximum atomic E-state index is 11.3. The number of carbonyl (C=O) groups excluding carboxylic acids is 1. The Morgan fingerprint density at radius 2 is 2.28 bits per heavy atom. The van der Waals surface area contributed by atoms with E-state index in [0.717, 1.165) is 0 Å². The summed E-state index contributed by atoms with van der Waals surface area (Å²) < 4.78 is 4.71. The molecule has 0 heterocycles. The molecule has 0 amide bonds. The van der Waals surface area contributed by atoms with Crippen molar-refractivity contribution in [2.75, 3.05) is 6.61 Å². The third-order valence-corrected chi connectivity index (χ3v) is 2.53. The maximum Gasteiger partial charge on any atom is 0.310 e. The lowest BCUT2D eigenvalue weighted by Gasteiger charge is -2.05. The largest absolute Gasteiger partial charge is 0.466 e. The van der Waals surface area contributed by atoms with Crippen molar-refractivity contribution >= 4 is 23.3 Å². The van der Waals surface area contributed by atoms with Gasteiger partial charge < -0.3 is 4.74 Å². The summed E-state index contributed by atoms with van der Waals surface area (Å²) in [6, 6.07) is 4.41. The first-order chi connectivity index (χ1) is 8.51. The van der Waals surface area contributed by atoms with E-state index in [0.29, 0.717) is 0 Å². The number of benzene rings is 1. The second-order valence-corrected chi connectivity index (χ2v) is 3.66. The fourth-order valence-electron chi connectivity index (χ4n) is 1.40. The van der Waals surface area contributed by atoms with Crippen molar-refractivity contribution in [3.63, 3.8) is 0 Å². The molecule has 0 radical (unpaired) electrons. The molecule has 1 aromatic rings. The lowest BCUT2D eigenvalue weighted by molar-refractivity contribution is -0.385. The summed E-state index contributed by atoms with van der Waals surface area (Å²) in [7, 11) is 0. The van der Waals surface area contributed by atoms with E-state index in [2.05, 4.69) is 0 Å². The highest BCUT2D eigenvalue weighted by Gasteiger charge is 2.23. The van der Waals surface area contributed by atoms with Crippen LogP contribution in [0.1, 0.15) is 18.1 Å². The molecule has 18 heavy (non-hydrogen) atoms. The van der Waals surface area contributed by atoms with Crippen LogP contribution in [0.3, 0.4) is 0 Å². The molecular formula is C11H9ClN2O4. The summed E-state index contributed by atoms with van der Waals surface area (Å²) in [4.78, 5) is 21.5. The molecule has 0 saturated heterocycles. The molecular weight excluding hydrogens is 260 g/mol. The molecule has 0 saturated carbocycles. The minimum Gasteiger partial charge on any atom is -0.466 e. The topological polar surface area (TPSA) is 93.2 Å². The van der Waals surface area contributed by atoms with E-state index in [1.165, 1.54) is 12.1 Å². The first-order valence-electron chi connectivity index (χ1n) is 5.02. The first-order valence-corrected chi connectivity index (χ1v) is 5.40. The summed E-state index contributed by atoms with van der Waals surface area (Å²) in [5.74, 6) is -0.582. The normalized spacial score (nSPS) is 9.61. The lowest BCUT2D eigenvalue weighted by Crippen LogP contribution is -2.09. The number of halogens is 1. The van der Waals surface area contributed by atoms with Crippen molar-refractivity contribution in [3.8, 4) is 6.07 Å². The van der Waals surface area contributed by atoms with Gasteiger partial charge in [0.1, 0.15) is 11.1 Å². The quantitative estimate of drug-likeness (QED) is 0.474. The molecule has 0 aromatic heterocycles. The second kappa shape index (κ2) is 5.98. The summed E-state index contributed by atoms with van der Waals surface area (Å²) in [6.07, 6.45) is -0.254. The van der Waals surface area contributed by atoms with Crippen molar-refractivity contribution in [3.05, 3.63) is 38.4 Å². The fourth-order valence-corrected chi connectivity index (χ4v) is 1.69. The Morgan fingerprint density at radius 3 is 2.78 bits per heavy atom. The summed E-state index contributed by atoms with van der Waals surface area (Å²) in [6.45, 7) is 1.83. The monoisotopic (exact) mass is 268 g/mol. The maximum absolute atomic E-state index is 11.3. The van der Waals surface area contributed by atoms with Crippen LogP contribution in [-0.4, -0.2) is 17.5 Å². The van der Waals surface area contributed by atoms with Crippen molar-refractivity contribution in [2.45, 2.75) is 13.3 Å². The predicted molar refractivity (Wildman–Crippen MR) is 63.2 cm³/mol. The second-order valence-electron chi connectivity index (χ2n) is 3.29. The molecule has 0 spiro atoms. The zero-order valence-electron chi connectivity index (χ0n) is 9.47. The van der Waals surface area contributed by atoms with Gasteiger partial charge in [-0.1, -0.05) is 17.7 Å². The molecule has 0 fully saturated rings. The highest BCUT2D eigenvalue weighted by atomic mass is 35.5. The molecule has 1 rings (SSSR count). The molecule has 0 aliphatic carbocycles. The van der Waals surface area contributed by atoms with E-state index in [4.69, 9.17) is 21.6 Å². The van der Waals surface area contributed by atoms with Crippen LogP contribution in [0.4, 0.5) is 5.69 Å². The molecule has 94 valence electrons. The molecule has 7 heteroatoms. The molecule has 0 N–H and O–H groups in total. The van der Waals surface area contributed by atoms with Crippen LogP contribution in [0, 0.1) is 21.4 Å². The minimum absolute atomic E-state index is 0.00373. The number of nitro groups is 1. The van der Waals surface area contributed by atoms with E-state index in [9.17, 15) is 14.9 Å². The van der Waals surface area contributed by atoms with Crippen LogP contribution < -0.4 is 0 Å². The summed E-state index contributed by atoms with van der Waals surface area (Å²) in [5.41, 5.74) is -0.304. The Hall–Kier alpha value is -2.13. The Morgan fingerprint density at radius 1 is 1.61 bits per heavy atom. The molecule has 0 bridgehead atoms. The van der Waals surface area contributed by atoms with Crippen LogP contribution >= 0.6 is 11.6 Å². The van der Waals surface area contributed by atoms with Crippen LogP contribution in [0.15, 0.2) is 12.1 Å². The van der Waals surface area contributed by atoms with E-state index in [1.807, 2.05) is 0 Å². The molecule has 6 nitrogen and oxygen atoms in total. The molecule has 0 unspecified atom stereocenters. The molecule has 0 aliphatic rings. The van der Waals surface area contributed by atoms with Gasteiger partial charge in [0.25, 0.3) is 5.69 Å². The Labute approximate surface area is 108 Å². The zero-order valence-corrected chi connectivity index (χ0v) is 10.2. The Balaban J connectivity index is 3.21. The number of nitriles is 1. The Kier molecular flexibility index (Phi) is 4.63. The van der Waals surface area contributed by atoms with Gasteiger partial charge in [-0.25, -0.2) is 0 Å². The van der Waals surface area contributed by atoms with Gasteiger partial charge in [-0.15, -0.1) is 0 Å². The molecule has 1 aromatic carbocycles. The third kappa shape index (κ3) is 2.96. The number of hydrogen-bond acceptors (Lipinski definition) is 5. The third-order valence-electron chi connectivity index (χ3n) is 2.14. The van der Waals surface area contributed by atoms with Gasteiger partial charge in [0, 0.05) is 5.56 Å². The van der Waals surface area contributed by atoms with E-state index < -0.39 is 16.6 Å². The Bertz CT molecular complexity index is 537. The van der Waals surface area contributed by atoms with Crippen LogP contribution in [0.5, 0.6) is 0 Å². The number of nitro benzene ring substituents is 1. The van der Waals surface area contributed by atoms with Crippen LogP contribution in [0.2, 0.25) is 5.02 Å². The average molecular weight is 269 g/mol. The van der Waals surface area contributed by atoms with E-state index >= 15 is 0 Å². The smallest absolute Gasteiger partial charge is 0.310 e. The van der Waals surface area contributed by atoms with Crippen LogP contribution in [0.25, 0.3) is 0 Å². The zero-order chi connectivity index (χ0) is 13.7. The number of ether oxygens (including phenoxy) is 1. The van der Waals surface area contributed by atoms with Crippen LogP contribution in [-0.2, 0) is 16.0 Å². The van der Waals surface area contributed by atoms with Crippen molar-refractivity contribution in [1.29, 1.82) is 5.26 Å².